The predicted molar refractivity (Wildman–Crippen MR) is 118 cm³/mol. The summed E-state index contributed by atoms with van der Waals surface area (Å²) in [6.07, 6.45) is 0. The Morgan fingerprint density at radius 1 is 0.893 bits per heavy atom. The number of nitrogens with one attached hydrogen (secondary N) is 1. The molecule has 1 atom stereocenters. The summed E-state index contributed by atoms with van der Waals surface area (Å²) in [6.45, 7) is 5.99. The van der Waals surface area contributed by atoms with Crippen LogP contribution >= 0.6 is 15.9 Å². The average Bonchev–Trinajstić information content (AvgIpc) is 2.73. The lowest BCUT2D eigenvalue weighted by molar-refractivity contribution is 0.267. The maximum Gasteiger partial charge on any atom is 0.175 e. The lowest BCUT2D eigenvalue weighted by Gasteiger charge is -2.18. The van der Waals surface area contributed by atoms with Crippen molar-refractivity contribution in [2.75, 3.05) is 6.61 Å². The topological polar surface area (TPSA) is 30.5 Å². The molecule has 0 saturated carbocycles. The Hall–Kier alpha value is -2.30. The van der Waals surface area contributed by atoms with Crippen LogP contribution in [-0.2, 0) is 13.2 Å². The molecule has 0 aliphatic heterocycles. The molecular weight excluding hydrogens is 414 g/mol. The van der Waals surface area contributed by atoms with Gasteiger partial charge in [0.25, 0.3) is 0 Å². The second-order valence-electron chi connectivity index (χ2n) is 6.63. The molecule has 0 saturated heterocycles. The van der Waals surface area contributed by atoms with E-state index in [0.29, 0.717) is 13.2 Å². The molecule has 0 fully saturated rings. The van der Waals surface area contributed by atoms with Crippen LogP contribution in [0.2, 0.25) is 0 Å². The van der Waals surface area contributed by atoms with E-state index in [1.54, 1.807) is 0 Å². The summed E-state index contributed by atoms with van der Waals surface area (Å²) in [5.74, 6) is 1.50. The number of benzene rings is 3. The first-order chi connectivity index (χ1) is 13.7. The van der Waals surface area contributed by atoms with Crippen LogP contribution in [-0.4, -0.2) is 6.61 Å². The first kappa shape index (κ1) is 20.4. The van der Waals surface area contributed by atoms with Crippen LogP contribution in [0.15, 0.2) is 77.3 Å². The Morgan fingerprint density at radius 3 is 2.25 bits per heavy atom. The van der Waals surface area contributed by atoms with Gasteiger partial charge >= 0.3 is 0 Å². The van der Waals surface area contributed by atoms with Gasteiger partial charge in [0.2, 0.25) is 0 Å². The van der Waals surface area contributed by atoms with Crippen molar-refractivity contribution in [3.8, 4) is 11.5 Å². The largest absolute Gasteiger partial charge is 0.490 e. The molecule has 3 nitrogen and oxygen atoms in total. The Kier molecular flexibility index (Phi) is 7.52. The highest BCUT2D eigenvalue weighted by Gasteiger charge is 2.13. The van der Waals surface area contributed by atoms with Gasteiger partial charge in [-0.25, -0.2) is 0 Å². The van der Waals surface area contributed by atoms with Gasteiger partial charge in [-0.3, -0.25) is 0 Å². The van der Waals surface area contributed by atoms with E-state index in [4.69, 9.17) is 9.47 Å². The van der Waals surface area contributed by atoms with Crippen molar-refractivity contribution < 1.29 is 9.47 Å². The molecule has 0 bridgehead atoms. The summed E-state index contributed by atoms with van der Waals surface area (Å²) < 4.78 is 12.8. The number of rotatable bonds is 9. The maximum atomic E-state index is 6.06. The average molecular weight is 440 g/mol. The molecule has 4 heteroatoms. The minimum absolute atomic E-state index is 0.268. The van der Waals surface area contributed by atoms with Gasteiger partial charge < -0.3 is 14.8 Å². The van der Waals surface area contributed by atoms with Crippen molar-refractivity contribution in [3.63, 3.8) is 0 Å². The third-order valence-electron chi connectivity index (χ3n) is 4.51. The van der Waals surface area contributed by atoms with Crippen molar-refractivity contribution in [2.45, 2.75) is 33.0 Å². The first-order valence-corrected chi connectivity index (χ1v) is 10.4. The standard InChI is InChI=1S/C24H26BrNO2/c1-3-27-23-15-20(16-26-18(2)21-12-8-5-9-13-21)14-22(25)24(23)28-17-19-10-6-4-7-11-19/h4-15,18,26H,3,16-17H2,1-2H3/t18-/m1/s1. The smallest absolute Gasteiger partial charge is 0.175 e. The van der Waals surface area contributed by atoms with Gasteiger partial charge in [-0.2, -0.15) is 0 Å². The van der Waals surface area contributed by atoms with Crippen LogP contribution in [0.25, 0.3) is 0 Å². The van der Waals surface area contributed by atoms with E-state index in [2.05, 4.69) is 76.7 Å². The maximum absolute atomic E-state index is 6.06. The molecule has 1 N–H and O–H groups in total. The van der Waals surface area contributed by atoms with Gasteiger partial charge in [0.05, 0.1) is 11.1 Å². The van der Waals surface area contributed by atoms with E-state index in [-0.39, 0.29) is 6.04 Å². The zero-order chi connectivity index (χ0) is 19.8. The van der Waals surface area contributed by atoms with E-state index >= 15 is 0 Å². The van der Waals surface area contributed by atoms with Gasteiger partial charge in [-0.15, -0.1) is 0 Å². The molecule has 146 valence electrons. The van der Waals surface area contributed by atoms with Crippen LogP contribution < -0.4 is 14.8 Å². The van der Waals surface area contributed by atoms with Crippen LogP contribution in [0, 0.1) is 0 Å². The van der Waals surface area contributed by atoms with E-state index in [1.165, 1.54) is 5.56 Å². The van der Waals surface area contributed by atoms with Crippen molar-refractivity contribution in [1.29, 1.82) is 0 Å². The fourth-order valence-electron chi connectivity index (χ4n) is 2.99. The molecule has 0 amide bonds. The van der Waals surface area contributed by atoms with Crippen LogP contribution in [0.3, 0.4) is 0 Å². The van der Waals surface area contributed by atoms with Gasteiger partial charge in [0.1, 0.15) is 6.61 Å². The van der Waals surface area contributed by atoms with Gasteiger partial charge in [-0.05, 0) is 58.6 Å². The first-order valence-electron chi connectivity index (χ1n) is 9.57. The van der Waals surface area contributed by atoms with Crippen molar-refractivity contribution in [3.05, 3.63) is 94.0 Å². The van der Waals surface area contributed by atoms with Crippen molar-refractivity contribution >= 4 is 15.9 Å². The van der Waals surface area contributed by atoms with Crippen molar-refractivity contribution in [1.82, 2.24) is 5.32 Å². The van der Waals surface area contributed by atoms with Crippen LogP contribution in [0.4, 0.5) is 0 Å². The monoisotopic (exact) mass is 439 g/mol. The molecule has 0 aliphatic rings. The summed E-state index contributed by atoms with van der Waals surface area (Å²) >= 11 is 3.66. The van der Waals surface area contributed by atoms with Gasteiger partial charge in [-0.1, -0.05) is 60.7 Å². The Labute approximate surface area is 175 Å². The molecule has 3 aromatic carbocycles. The molecule has 0 unspecified atom stereocenters. The minimum atomic E-state index is 0.268. The SMILES string of the molecule is CCOc1cc(CN[C@H](C)c2ccccc2)cc(Br)c1OCc1ccccc1. The van der Waals surface area contributed by atoms with E-state index in [0.717, 1.165) is 33.6 Å². The van der Waals surface area contributed by atoms with E-state index in [1.807, 2.05) is 31.2 Å². The zero-order valence-electron chi connectivity index (χ0n) is 16.3. The highest BCUT2D eigenvalue weighted by atomic mass is 79.9. The molecular formula is C24H26BrNO2. The summed E-state index contributed by atoms with van der Waals surface area (Å²) in [6, 6.07) is 25.0. The molecule has 3 rings (SSSR count). The third kappa shape index (κ3) is 5.60. The summed E-state index contributed by atoms with van der Waals surface area (Å²) in [5, 5.41) is 3.57. The number of ether oxygens (including phenoxy) is 2. The Bertz CT molecular complexity index is 869. The molecule has 0 heterocycles. The Balaban J connectivity index is 1.71. The highest BCUT2D eigenvalue weighted by Crippen LogP contribution is 2.37. The normalized spacial score (nSPS) is 11.8. The van der Waals surface area contributed by atoms with E-state index < -0.39 is 0 Å². The molecule has 0 aliphatic carbocycles. The predicted octanol–water partition coefficient (Wildman–Crippen LogP) is 6.28. The third-order valence-corrected chi connectivity index (χ3v) is 5.10. The fraction of sp³-hybridized carbons (Fsp3) is 0.250. The van der Waals surface area contributed by atoms with Crippen molar-refractivity contribution in [2.24, 2.45) is 0 Å². The molecule has 3 aromatic rings. The molecule has 0 aromatic heterocycles. The van der Waals surface area contributed by atoms with E-state index in [9.17, 15) is 0 Å². The molecule has 28 heavy (non-hydrogen) atoms. The Morgan fingerprint density at radius 2 is 1.57 bits per heavy atom. The lowest BCUT2D eigenvalue weighted by atomic mass is 10.1. The fourth-order valence-corrected chi connectivity index (χ4v) is 3.59. The highest BCUT2D eigenvalue weighted by molar-refractivity contribution is 9.10. The quantitative estimate of drug-likeness (QED) is 0.425. The summed E-state index contributed by atoms with van der Waals surface area (Å²) in [4.78, 5) is 0. The van der Waals surface area contributed by atoms with Gasteiger partial charge in [0, 0.05) is 12.6 Å². The number of halogens is 1. The summed E-state index contributed by atoms with van der Waals surface area (Å²) in [7, 11) is 0. The van der Waals surface area contributed by atoms with Crippen LogP contribution in [0.1, 0.15) is 36.6 Å². The molecule has 0 radical (unpaired) electrons. The van der Waals surface area contributed by atoms with Crippen LogP contribution in [0.5, 0.6) is 11.5 Å². The zero-order valence-corrected chi connectivity index (χ0v) is 17.9. The number of hydrogen-bond acceptors (Lipinski definition) is 3. The lowest BCUT2D eigenvalue weighted by Crippen LogP contribution is -2.18. The minimum Gasteiger partial charge on any atom is -0.490 e. The second kappa shape index (κ2) is 10.3. The number of hydrogen-bond donors (Lipinski definition) is 1. The van der Waals surface area contributed by atoms with Gasteiger partial charge in [0.15, 0.2) is 11.5 Å². The molecule has 0 spiro atoms. The second-order valence-corrected chi connectivity index (χ2v) is 7.48. The summed E-state index contributed by atoms with van der Waals surface area (Å²) in [5.41, 5.74) is 3.54.